The Labute approximate surface area is 161 Å². The fourth-order valence-corrected chi connectivity index (χ4v) is 3.45. The maximum Gasteiger partial charge on any atom is 0.223 e. The second kappa shape index (κ2) is 8.91. The van der Waals surface area contributed by atoms with Gasteiger partial charge in [0, 0.05) is 63.5 Å². The van der Waals surface area contributed by atoms with Crippen molar-refractivity contribution < 1.29 is 9.59 Å². The van der Waals surface area contributed by atoms with Crippen LogP contribution in [0.2, 0.25) is 0 Å². The lowest BCUT2D eigenvalue weighted by Crippen LogP contribution is -2.48. The number of pyridine rings is 1. The molecule has 0 atom stereocenters. The Morgan fingerprint density at radius 2 is 1.67 bits per heavy atom. The highest BCUT2D eigenvalue weighted by Gasteiger charge is 2.22. The van der Waals surface area contributed by atoms with Gasteiger partial charge in [0.1, 0.15) is 0 Å². The summed E-state index contributed by atoms with van der Waals surface area (Å²) < 4.78 is 0. The number of carbonyl (C=O) groups is 2. The average Bonchev–Trinajstić information content (AvgIpc) is 2.69. The zero-order chi connectivity index (χ0) is 19.2. The summed E-state index contributed by atoms with van der Waals surface area (Å²) in [5, 5.41) is 0. The topological polar surface area (TPSA) is 53.5 Å². The number of rotatable bonds is 6. The summed E-state index contributed by atoms with van der Waals surface area (Å²) in [5.74, 6) is 0.137. The first-order valence-electron chi connectivity index (χ1n) is 9.52. The molecule has 5 heteroatoms. The number of amides is 1. The number of Topliss-reactive ketones (excluding diaryl/α,β-unsaturated/α-hetero) is 1. The van der Waals surface area contributed by atoms with Crippen LogP contribution < -0.4 is 0 Å². The van der Waals surface area contributed by atoms with Gasteiger partial charge in [-0.1, -0.05) is 17.7 Å². The van der Waals surface area contributed by atoms with Gasteiger partial charge in [-0.3, -0.25) is 19.5 Å². The molecule has 2 aromatic rings. The van der Waals surface area contributed by atoms with Gasteiger partial charge in [0.15, 0.2) is 5.78 Å². The predicted octanol–water partition coefficient (Wildman–Crippen LogP) is 3.01. The van der Waals surface area contributed by atoms with E-state index in [4.69, 9.17) is 0 Å². The molecule has 1 aromatic heterocycles. The van der Waals surface area contributed by atoms with Gasteiger partial charge in [0.05, 0.1) is 0 Å². The van der Waals surface area contributed by atoms with E-state index in [0.29, 0.717) is 0 Å². The highest BCUT2D eigenvalue weighted by atomic mass is 16.2. The lowest BCUT2D eigenvalue weighted by molar-refractivity contribution is -0.132. The van der Waals surface area contributed by atoms with Gasteiger partial charge in [-0.2, -0.15) is 0 Å². The molecule has 27 heavy (non-hydrogen) atoms. The minimum atomic E-state index is 0.0564. The monoisotopic (exact) mass is 365 g/mol. The standard InChI is InChI=1S/C22H27N3O2/c1-17-3-4-18(2)20(15-17)21(26)5-6-22(27)25-13-11-24(12-14-25)16-19-7-9-23-10-8-19/h3-4,7-10,15H,5-6,11-14,16H2,1-2H3. The molecule has 1 amide bonds. The van der Waals surface area contributed by atoms with Crippen molar-refractivity contribution in [2.45, 2.75) is 33.2 Å². The first-order valence-corrected chi connectivity index (χ1v) is 9.52. The van der Waals surface area contributed by atoms with E-state index in [9.17, 15) is 9.59 Å². The van der Waals surface area contributed by atoms with E-state index >= 15 is 0 Å². The number of carbonyl (C=O) groups excluding carboxylic acids is 2. The molecule has 0 N–H and O–H groups in total. The molecule has 1 aliphatic rings. The van der Waals surface area contributed by atoms with Crippen LogP contribution in [0.15, 0.2) is 42.7 Å². The lowest BCUT2D eigenvalue weighted by atomic mass is 9.99. The van der Waals surface area contributed by atoms with Crippen molar-refractivity contribution in [3.63, 3.8) is 0 Å². The average molecular weight is 365 g/mol. The van der Waals surface area contributed by atoms with E-state index in [-0.39, 0.29) is 24.5 Å². The van der Waals surface area contributed by atoms with Crippen molar-refractivity contribution in [2.24, 2.45) is 0 Å². The number of aromatic nitrogens is 1. The third-order valence-electron chi connectivity index (χ3n) is 5.14. The van der Waals surface area contributed by atoms with Crippen molar-refractivity contribution >= 4 is 11.7 Å². The van der Waals surface area contributed by atoms with Gasteiger partial charge in [-0.25, -0.2) is 0 Å². The summed E-state index contributed by atoms with van der Waals surface area (Å²) in [4.78, 5) is 33.3. The Hall–Kier alpha value is -2.53. The SMILES string of the molecule is Cc1ccc(C)c(C(=O)CCC(=O)N2CCN(Cc3ccncc3)CC2)c1. The summed E-state index contributed by atoms with van der Waals surface area (Å²) >= 11 is 0. The maximum atomic E-state index is 12.5. The van der Waals surface area contributed by atoms with Crippen LogP contribution in [0.3, 0.4) is 0 Å². The van der Waals surface area contributed by atoms with Crippen LogP contribution in [0, 0.1) is 13.8 Å². The molecule has 1 saturated heterocycles. The Balaban J connectivity index is 1.45. The summed E-state index contributed by atoms with van der Waals surface area (Å²) in [6, 6.07) is 9.93. The first-order chi connectivity index (χ1) is 13.0. The molecule has 5 nitrogen and oxygen atoms in total. The van der Waals surface area contributed by atoms with Crippen LogP contribution in [0.4, 0.5) is 0 Å². The third kappa shape index (κ3) is 5.23. The fourth-order valence-electron chi connectivity index (χ4n) is 3.45. The van der Waals surface area contributed by atoms with Gasteiger partial charge in [0.25, 0.3) is 0 Å². The van der Waals surface area contributed by atoms with Crippen LogP contribution in [0.5, 0.6) is 0 Å². The van der Waals surface area contributed by atoms with Gasteiger partial charge in [-0.15, -0.1) is 0 Å². The Morgan fingerprint density at radius 3 is 2.37 bits per heavy atom. The molecule has 1 aliphatic heterocycles. The molecular formula is C22H27N3O2. The van der Waals surface area contributed by atoms with Crippen molar-refractivity contribution in [3.05, 3.63) is 65.0 Å². The van der Waals surface area contributed by atoms with Crippen LogP contribution in [0.25, 0.3) is 0 Å². The quantitative estimate of drug-likeness (QED) is 0.739. The van der Waals surface area contributed by atoms with E-state index in [1.54, 1.807) is 0 Å². The van der Waals surface area contributed by atoms with E-state index in [2.05, 4.69) is 9.88 Å². The zero-order valence-electron chi connectivity index (χ0n) is 16.1. The van der Waals surface area contributed by atoms with E-state index in [1.807, 2.05) is 61.5 Å². The van der Waals surface area contributed by atoms with Crippen molar-refractivity contribution in [2.75, 3.05) is 26.2 Å². The number of ketones is 1. The highest BCUT2D eigenvalue weighted by Crippen LogP contribution is 2.15. The third-order valence-corrected chi connectivity index (χ3v) is 5.14. The molecule has 0 unspecified atom stereocenters. The normalized spacial score (nSPS) is 15.0. The molecule has 0 bridgehead atoms. The molecule has 0 spiro atoms. The van der Waals surface area contributed by atoms with E-state index < -0.39 is 0 Å². The summed E-state index contributed by atoms with van der Waals surface area (Å²) in [6.45, 7) is 7.97. The maximum absolute atomic E-state index is 12.5. The van der Waals surface area contributed by atoms with Crippen LogP contribution >= 0.6 is 0 Å². The molecule has 0 radical (unpaired) electrons. The predicted molar refractivity (Wildman–Crippen MR) is 106 cm³/mol. The summed E-state index contributed by atoms with van der Waals surface area (Å²) in [6.07, 6.45) is 4.18. The number of aryl methyl sites for hydroxylation is 2. The Bertz CT molecular complexity index is 796. The van der Waals surface area contributed by atoms with Crippen LogP contribution in [-0.2, 0) is 11.3 Å². The van der Waals surface area contributed by atoms with E-state index in [0.717, 1.165) is 49.4 Å². The van der Waals surface area contributed by atoms with Gasteiger partial charge in [-0.05, 0) is 43.2 Å². The zero-order valence-corrected chi connectivity index (χ0v) is 16.1. The van der Waals surface area contributed by atoms with Crippen molar-refractivity contribution in [1.29, 1.82) is 0 Å². The smallest absolute Gasteiger partial charge is 0.223 e. The molecule has 1 fully saturated rings. The van der Waals surface area contributed by atoms with Crippen LogP contribution in [0.1, 0.15) is 39.9 Å². The number of nitrogens with zero attached hydrogens (tertiary/aromatic N) is 3. The molecule has 2 heterocycles. The fraction of sp³-hybridized carbons (Fsp3) is 0.409. The van der Waals surface area contributed by atoms with Gasteiger partial charge in [0.2, 0.25) is 5.91 Å². The van der Waals surface area contributed by atoms with Gasteiger partial charge < -0.3 is 4.90 Å². The second-order valence-corrected chi connectivity index (χ2v) is 7.25. The molecule has 0 saturated carbocycles. The lowest BCUT2D eigenvalue weighted by Gasteiger charge is -2.34. The molecule has 142 valence electrons. The molecule has 3 rings (SSSR count). The summed E-state index contributed by atoms with van der Waals surface area (Å²) in [5.41, 5.74) is 4.03. The Kier molecular flexibility index (Phi) is 6.35. The second-order valence-electron chi connectivity index (χ2n) is 7.25. The summed E-state index contributed by atoms with van der Waals surface area (Å²) in [7, 11) is 0. The highest BCUT2D eigenvalue weighted by molar-refractivity contribution is 5.99. The van der Waals surface area contributed by atoms with E-state index in [1.165, 1.54) is 5.56 Å². The molecular weight excluding hydrogens is 338 g/mol. The van der Waals surface area contributed by atoms with Crippen LogP contribution in [-0.4, -0.2) is 52.7 Å². The minimum absolute atomic E-state index is 0.0564. The Morgan fingerprint density at radius 1 is 0.963 bits per heavy atom. The van der Waals surface area contributed by atoms with Gasteiger partial charge >= 0.3 is 0 Å². The number of hydrogen-bond donors (Lipinski definition) is 0. The number of hydrogen-bond acceptors (Lipinski definition) is 4. The minimum Gasteiger partial charge on any atom is -0.340 e. The molecule has 0 aliphatic carbocycles. The number of benzene rings is 1. The largest absolute Gasteiger partial charge is 0.340 e. The van der Waals surface area contributed by atoms with Crippen molar-refractivity contribution in [1.82, 2.24) is 14.8 Å². The number of piperazine rings is 1. The van der Waals surface area contributed by atoms with Crippen molar-refractivity contribution in [3.8, 4) is 0 Å². The first kappa shape index (κ1) is 19.2. The molecule has 1 aromatic carbocycles.